The van der Waals surface area contributed by atoms with E-state index in [9.17, 15) is 9.59 Å². The summed E-state index contributed by atoms with van der Waals surface area (Å²) in [6.07, 6.45) is 3.32. The number of anilines is 1. The number of nitrogens with one attached hydrogen (secondary N) is 1. The van der Waals surface area contributed by atoms with E-state index in [4.69, 9.17) is 4.74 Å². The Labute approximate surface area is 181 Å². The molecule has 1 aromatic carbocycles. The van der Waals surface area contributed by atoms with Crippen LogP contribution < -0.4 is 15.0 Å². The molecule has 2 aromatic rings. The minimum atomic E-state index is -0.0144. The van der Waals surface area contributed by atoms with Crippen molar-refractivity contribution < 1.29 is 14.3 Å². The number of fused-ring (bicyclic) bond motifs is 1. The molecule has 3 heterocycles. The van der Waals surface area contributed by atoms with Crippen molar-refractivity contribution in [1.29, 1.82) is 0 Å². The zero-order valence-electron chi connectivity index (χ0n) is 17.4. The van der Waals surface area contributed by atoms with E-state index in [0.717, 1.165) is 44.6 Å². The normalized spacial score (nSPS) is 16.8. The first-order chi connectivity index (χ1) is 14.6. The molecular weight excluding hydrogens is 398 g/mol. The summed E-state index contributed by atoms with van der Waals surface area (Å²) in [5, 5.41) is 5.21. The number of methoxy groups -OCH3 is 1. The van der Waals surface area contributed by atoms with Gasteiger partial charge in [0.05, 0.1) is 7.11 Å². The van der Waals surface area contributed by atoms with Gasteiger partial charge in [-0.1, -0.05) is 0 Å². The number of hydrogen-bond donors (Lipinski definition) is 1. The number of carbonyl (C=O) groups excluding carboxylic acids is 2. The van der Waals surface area contributed by atoms with Crippen LogP contribution >= 0.6 is 11.3 Å². The van der Waals surface area contributed by atoms with Gasteiger partial charge in [0.1, 0.15) is 5.75 Å². The molecule has 0 atom stereocenters. The molecule has 0 spiro atoms. The summed E-state index contributed by atoms with van der Waals surface area (Å²) >= 11 is 1.77. The van der Waals surface area contributed by atoms with Crippen LogP contribution in [0.1, 0.15) is 36.1 Å². The van der Waals surface area contributed by atoms with Crippen molar-refractivity contribution >= 4 is 28.8 Å². The number of rotatable bonds is 6. The number of piperidine rings is 1. The van der Waals surface area contributed by atoms with Crippen molar-refractivity contribution in [3.63, 3.8) is 0 Å². The van der Waals surface area contributed by atoms with E-state index < -0.39 is 0 Å². The standard InChI is InChI=1S/C23H29N3O3S/c1-29-20-4-2-19(3-5-20)25-12-8-18(9-13-25)24-22(27)6-7-23(28)26-14-10-21-17(16-26)11-15-30-21/h2-5,11,15,18H,6-10,12-14,16H2,1H3,(H,24,27). The van der Waals surface area contributed by atoms with Crippen LogP contribution in [0.25, 0.3) is 0 Å². The zero-order chi connectivity index (χ0) is 20.9. The molecule has 1 saturated heterocycles. The number of hydrogen-bond acceptors (Lipinski definition) is 5. The first-order valence-electron chi connectivity index (χ1n) is 10.6. The van der Waals surface area contributed by atoms with E-state index in [0.29, 0.717) is 6.54 Å². The summed E-state index contributed by atoms with van der Waals surface area (Å²) in [5.41, 5.74) is 2.44. The van der Waals surface area contributed by atoms with Crippen LogP contribution in [0.3, 0.4) is 0 Å². The summed E-state index contributed by atoms with van der Waals surface area (Å²) in [5.74, 6) is 0.923. The van der Waals surface area contributed by atoms with Crippen molar-refractivity contribution in [3.05, 3.63) is 46.2 Å². The first-order valence-corrected chi connectivity index (χ1v) is 11.5. The van der Waals surface area contributed by atoms with Crippen molar-refractivity contribution in [2.24, 2.45) is 0 Å². The van der Waals surface area contributed by atoms with Crippen LogP contribution in [0, 0.1) is 0 Å². The van der Waals surface area contributed by atoms with Crippen LogP contribution in [-0.2, 0) is 22.6 Å². The van der Waals surface area contributed by atoms with Crippen molar-refractivity contribution in [2.45, 2.75) is 44.7 Å². The second kappa shape index (κ2) is 9.51. The molecule has 4 rings (SSSR count). The van der Waals surface area contributed by atoms with Crippen LogP contribution in [0.2, 0.25) is 0 Å². The highest BCUT2D eigenvalue weighted by atomic mass is 32.1. The lowest BCUT2D eigenvalue weighted by atomic mass is 10.0. The fraction of sp³-hybridized carbons (Fsp3) is 0.478. The lowest BCUT2D eigenvalue weighted by molar-refractivity contribution is -0.134. The smallest absolute Gasteiger partial charge is 0.223 e. The Balaban J connectivity index is 1.17. The molecule has 0 unspecified atom stereocenters. The molecule has 2 aliphatic rings. The van der Waals surface area contributed by atoms with Gasteiger partial charge in [-0.3, -0.25) is 9.59 Å². The van der Waals surface area contributed by atoms with Crippen LogP contribution in [0.4, 0.5) is 5.69 Å². The summed E-state index contributed by atoms with van der Waals surface area (Å²) in [7, 11) is 1.67. The quantitative estimate of drug-likeness (QED) is 0.769. The third-order valence-electron chi connectivity index (χ3n) is 6.02. The van der Waals surface area contributed by atoms with Crippen LogP contribution in [0.15, 0.2) is 35.7 Å². The lowest BCUT2D eigenvalue weighted by Crippen LogP contribution is -2.45. The highest BCUT2D eigenvalue weighted by Gasteiger charge is 2.24. The second-order valence-electron chi connectivity index (χ2n) is 7.96. The Kier molecular flexibility index (Phi) is 6.57. The van der Waals surface area contributed by atoms with Gasteiger partial charge in [0, 0.05) is 55.6 Å². The van der Waals surface area contributed by atoms with Crippen LogP contribution in [-0.4, -0.2) is 49.5 Å². The minimum Gasteiger partial charge on any atom is -0.497 e. The van der Waals surface area contributed by atoms with E-state index in [1.807, 2.05) is 17.0 Å². The Morgan fingerprint density at radius 3 is 2.60 bits per heavy atom. The van der Waals surface area contributed by atoms with Gasteiger partial charge in [0.15, 0.2) is 0 Å². The first kappa shape index (κ1) is 20.7. The maximum Gasteiger partial charge on any atom is 0.223 e. The highest BCUT2D eigenvalue weighted by Crippen LogP contribution is 2.25. The molecular formula is C23H29N3O3S. The van der Waals surface area contributed by atoms with E-state index in [1.165, 1.54) is 16.1 Å². The number of ether oxygens (including phenoxy) is 1. The molecule has 1 fully saturated rings. The SMILES string of the molecule is COc1ccc(N2CCC(NC(=O)CCC(=O)N3CCc4sccc4C3)CC2)cc1. The van der Waals surface area contributed by atoms with Gasteiger partial charge in [-0.25, -0.2) is 0 Å². The van der Waals surface area contributed by atoms with Crippen molar-refractivity contribution in [3.8, 4) is 5.75 Å². The fourth-order valence-corrected chi connectivity index (χ4v) is 5.10. The molecule has 7 heteroatoms. The Morgan fingerprint density at radius 2 is 1.87 bits per heavy atom. The number of nitrogens with zero attached hydrogens (tertiary/aromatic N) is 2. The molecule has 6 nitrogen and oxygen atoms in total. The number of thiophene rings is 1. The maximum atomic E-state index is 12.5. The van der Waals surface area contributed by atoms with Crippen molar-refractivity contribution in [1.82, 2.24) is 10.2 Å². The average Bonchev–Trinajstić information content (AvgIpc) is 3.26. The number of carbonyl (C=O) groups is 2. The Hall–Kier alpha value is -2.54. The number of benzene rings is 1. The third kappa shape index (κ3) is 4.95. The van der Waals surface area contributed by atoms with Gasteiger partial charge in [-0.15, -0.1) is 11.3 Å². The lowest BCUT2D eigenvalue weighted by Gasteiger charge is -2.34. The van der Waals surface area contributed by atoms with Gasteiger partial charge in [-0.2, -0.15) is 0 Å². The van der Waals surface area contributed by atoms with Gasteiger partial charge in [0.2, 0.25) is 11.8 Å². The molecule has 0 bridgehead atoms. The number of amides is 2. The molecule has 1 N–H and O–H groups in total. The predicted molar refractivity (Wildman–Crippen MR) is 119 cm³/mol. The average molecular weight is 428 g/mol. The molecule has 30 heavy (non-hydrogen) atoms. The molecule has 2 amide bonds. The van der Waals surface area contributed by atoms with Gasteiger partial charge >= 0.3 is 0 Å². The van der Waals surface area contributed by atoms with Crippen LogP contribution in [0.5, 0.6) is 5.75 Å². The van der Waals surface area contributed by atoms with E-state index >= 15 is 0 Å². The van der Waals surface area contributed by atoms with E-state index in [1.54, 1.807) is 18.4 Å². The maximum absolute atomic E-state index is 12.5. The summed E-state index contributed by atoms with van der Waals surface area (Å²) in [6.45, 7) is 3.26. The third-order valence-corrected chi connectivity index (χ3v) is 7.05. The zero-order valence-corrected chi connectivity index (χ0v) is 18.2. The monoisotopic (exact) mass is 427 g/mol. The largest absolute Gasteiger partial charge is 0.497 e. The second-order valence-corrected chi connectivity index (χ2v) is 8.96. The summed E-state index contributed by atoms with van der Waals surface area (Å²) in [4.78, 5) is 30.5. The molecule has 0 saturated carbocycles. The highest BCUT2D eigenvalue weighted by molar-refractivity contribution is 7.10. The fourth-order valence-electron chi connectivity index (χ4n) is 4.21. The van der Waals surface area contributed by atoms with Crippen molar-refractivity contribution in [2.75, 3.05) is 31.6 Å². The molecule has 0 aliphatic carbocycles. The summed E-state index contributed by atoms with van der Waals surface area (Å²) < 4.78 is 5.22. The topological polar surface area (TPSA) is 61.9 Å². The molecule has 0 radical (unpaired) electrons. The van der Waals surface area contributed by atoms with E-state index in [2.05, 4.69) is 33.8 Å². The predicted octanol–water partition coefficient (Wildman–Crippen LogP) is 3.21. The van der Waals surface area contributed by atoms with Gasteiger partial charge in [-0.05, 0) is 60.5 Å². The van der Waals surface area contributed by atoms with Gasteiger partial charge < -0.3 is 19.9 Å². The minimum absolute atomic E-state index is 0.0144. The Morgan fingerprint density at radius 1 is 1.10 bits per heavy atom. The Bertz CT molecular complexity index is 872. The van der Waals surface area contributed by atoms with E-state index in [-0.39, 0.29) is 30.7 Å². The van der Waals surface area contributed by atoms with Gasteiger partial charge in [0.25, 0.3) is 0 Å². The molecule has 1 aromatic heterocycles. The molecule has 2 aliphatic heterocycles. The molecule has 160 valence electrons. The summed E-state index contributed by atoms with van der Waals surface area (Å²) in [6, 6.07) is 10.4.